The second kappa shape index (κ2) is 7.41. The highest BCUT2D eigenvalue weighted by Crippen LogP contribution is 2.65. The molecule has 7 rings (SSSR count). The van der Waals surface area contributed by atoms with Crippen LogP contribution in [0.3, 0.4) is 0 Å². The smallest absolute Gasteiger partial charge is 0.335 e. The molecule has 1 saturated heterocycles. The summed E-state index contributed by atoms with van der Waals surface area (Å²) in [6, 6.07) is 15.4. The van der Waals surface area contributed by atoms with Crippen molar-refractivity contribution in [3.63, 3.8) is 0 Å². The van der Waals surface area contributed by atoms with Crippen molar-refractivity contribution in [1.82, 2.24) is 4.90 Å². The number of esters is 1. The summed E-state index contributed by atoms with van der Waals surface area (Å²) < 4.78 is 6.51. The summed E-state index contributed by atoms with van der Waals surface area (Å²) in [5, 5.41) is 0. The zero-order valence-corrected chi connectivity index (χ0v) is 18.9. The molecule has 2 aromatic carbocycles. The third-order valence-corrected chi connectivity index (χ3v) is 8.11. The molecule has 5 aliphatic rings. The van der Waals surface area contributed by atoms with Gasteiger partial charge >= 0.3 is 5.97 Å². The largest absolute Gasteiger partial charge is 0.425 e. The number of halogens is 1. The summed E-state index contributed by atoms with van der Waals surface area (Å²) in [5.74, 6) is -0.00218. The lowest BCUT2D eigenvalue weighted by Crippen LogP contribution is -2.48. The van der Waals surface area contributed by atoms with Gasteiger partial charge in [0.2, 0.25) is 11.8 Å². The molecule has 2 amide bonds. The zero-order chi connectivity index (χ0) is 22.0. The summed E-state index contributed by atoms with van der Waals surface area (Å²) in [5.41, 5.74) is 0.879. The van der Waals surface area contributed by atoms with Crippen LogP contribution in [-0.2, 0) is 20.8 Å². The van der Waals surface area contributed by atoms with Crippen molar-refractivity contribution in [3.05, 3.63) is 76.8 Å². The first-order valence-electron chi connectivity index (χ1n) is 11.1. The second-order valence-corrected chi connectivity index (χ2v) is 10.2. The maximum atomic E-state index is 13.6. The first kappa shape index (κ1) is 19.9. The number of rotatable bonds is 5. The Morgan fingerprint density at radius 1 is 0.938 bits per heavy atom. The Labute approximate surface area is 194 Å². The van der Waals surface area contributed by atoms with Gasteiger partial charge in [-0.15, -0.1) is 0 Å². The number of imide groups is 1. The molecule has 2 aromatic rings. The van der Waals surface area contributed by atoms with E-state index in [2.05, 4.69) is 28.1 Å². The maximum absolute atomic E-state index is 13.6. The van der Waals surface area contributed by atoms with Crippen LogP contribution in [0.15, 0.2) is 71.2 Å². The van der Waals surface area contributed by atoms with Crippen LogP contribution in [0.25, 0.3) is 0 Å². The highest BCUT2D eigenvalue weighted by atomic mass is 79.9. The van der Waals surface area contributed by atoms with E-state index in [-0.39, 0.29) is 41.9 Å². The van der Waals surface area contributed by atoms with Crippen LogP contribution in [0, 0.1) is 35.5 Å². The summed E-state index contributed by atoms with van der Waals surface area (Å²) in [7, 11) is 0. The van der Waals surface area contributed by atoms with Gasteiger partial charge in [0.25, 0.3) is 0 Å². The van der Waals surface area contributed by atoms with Gasteiger partial charge in [-0.05, 0) is 59.9 Å². The van der Waals surface area contributed by atoms with Crippen molar-refractivity contribution in [2.45, 2.75) is 18.9 Å². The Hall–Kier alpha value is -2.73. The van der Waals surface area contributed by atoms with Crippen molar-refractivity contribution in [2.24, 2.45) is 35.5 Å². The van der Waals surface area contributed by atoms with Gasteiger partial charge in [-0.1, -0.05) is 58.4 Å². The summed E-state index contributed by atoms with van der Waals surface area (Å²) >= 11 is 3.37. The van der Waals surface area contributed by atoms with E-state index in [0.717, 1.165) is 16.5 Å². The molecule has 0 radical (unpaired) electrons. The fourth-order valence-corrected chi connectivity index (χ4v) is 6.36. The number of hydrogen-bond donors (Lipinski definition) is 0. The molecule has 32 heavy (non-hydrogen) atoms. The molecule has 1 aliphatic heterocycles. The first-order chi connectivity index (χ1) is 15.5. The number of likely N-dealkylation sites (tertiary alicyclic amines) is 1. The highest BCUT2D eigenvalue weighted by molar-refractivity contribution is 9.10. The number of ether oxygens (including phenoxy) is 1. The van der Waals surface area contributed by atoms with Crippen molar-refractivity contribution >= 4 is 33.7 Å². The molecule has 7 atom stereocenters. The Kier molecular flexibility index (Phi) is 4.61. The Balaban J connectivity index is 1.33. The van der Waals surface area contributed by atoms with E-state index < -0.39 is 12.0 Å². The average Bonchev–Trinajstić information content (AvgIpc) is 3.58. The molecule has 2 bridgehead atoms. The fraction of sp³-hybridized carbons (Fsp3) is 0.346. The molecule has 5 nitrogen and oxygen atoms in total. The lowest BCUT2D eigenvalue weighted by Gasteiger charge is -2.37. The predicted molar refractivity (Wildman–Crippen MR) is 120 cm³/mol. The minimum atomic E-state index is -0.984. The van der Waals surface area contributed by atoms with Crippen LogP contribution in [-0.4, -0.2) is 28.7 Å². The molecular weight excluding hydrogens is 470 g/mol. The van der Waals surface area contributed by atoms with Gasteiger partial charge in [0, 0.05) is 10.9 Å². The Bertz CT molecular complexity index is 1090. The molecule has 162 valence electrons. The average molecular weight is 492 g/mol. The van der Waals surface area contributed by atoms with Crippen LogP contribution in [0.5, 0.6) is 5.75 Å². The SMILES string of the molecule is O=C(Oc1ccc(Br)cc1)[C@H](Cc1ccccc1)N1C(=O)[C@H]2[C@@H]3C=C[C@H]([C@H]4C[C@H]34)[C@@H]2C1=O. The van der Waals surface area contributed by atoms with E-state index in [0.29, 0.717) is 17.6 Å². The van der Waals surface area contributed by atoms with Gasteiger partial charge in [-0.2, -0.15) is 0 Å². The number of hydrogen-bond acceptors (Lipinski definition) is 4. The standard InChI is InChI=1S/C26H22BrNO4/c27-15-6-8-16(9-7-15)32-26(31)21(12-14-4-2-1-3-5-14)28-24(29)22-17-10-11-18(20-13-19(17)20)23(22)25(28)30/h1-11,17-23H,12-13H2/t17-,18-,19-,20-,21+,22+,23+/m1/s1. The van der Waals surface area contributed by atoms with Crippen molar-refractivity contribution in [2.75, 3.05) is 0 Å². The molecule has 3 fully saturated rings. The molecule has 0 aromatic heterocycles. The van der Waals surface area contributed by atoms with Gasteiger partial charge in [0.05, 0.1) is 11.8 Å². The minimum absolute atomic E-state index is 0.122. The van der Waals surface area contributed by atoms with Crippen LogP contribution >= 0.6 is 15.9 Å². The van der Waals surface area contributed by atoms with Crippen LogP contribution < -0.4 is 4.74 Å². The maximum Gasteiger partial charge on any atom is 0.335 e. The first-order valence-corrected chi connectivity index (χ1v) is 11.9. The van der Waals surface area contributed by atoms with E-state index in [4.69, 9.17) is 4.74 Å². The number of carbonyl (C=O) groups excluding carboxylic acids is 3. The second-order valence-electron chi connectivity index (χ2n) is 9.28. The van der Waals surface area contributed by atoms with Gasteiger partial charge in [0.1, 0.15) is 11.8 Å². The summed E-state index contributed by atoms with van der Waals surface area (Å²) in [4.78, 5) is 41.8. The molecule has 1 heterocycles. The Morgan fingerprint density at radius 3 is 2.12 bits per heavy atom. The van der Waals surface area contributed by atoms with Gasteiger partial charge in [-0.25, -0.2) is 4.79 Å². The zero-order valence-electron chi connectivity index (χ0n) is 17.3. The highest BCUT2D eigenvalue weighted by Gasteiger charge is 2.68. The van der Waals surface area contributed by atoms with Crippen molar-refractivity contribution < 1.29 is 19.1 Å². The number of nitrogens with zero attached hydrogens (tertiary/aromatic N) is 1. The van der Waals surface area contributed by atoms with Gasteiger partial charge < -0.3 is 4.74 Å². The third kappa shape index (κ3) is 3.07. The van der Waals surface area contributed by atoms with Crippen molar-refractivity contribution in [1.29, 1.82) is 0 Å². The van der Waals surface area contributed by atoms with Crippen LogP contribution in [0.2, 0.25) is 0 Å². The molecular formula is C26H22BrNO4. The molecule has 4 aliphatic carbocycles. The summed E-state index contributed by atoms with van der Waals surface area (Å²) in [6.45, 7) is 0. The number of allylic oxidation sites excluding steroid dienone is 2. The topological polar surface area (TPSA) is 63.7 Å². The van der Waals surface area contributed by atoms with E-state index in [9.17, 15) is 14.4 Å². The Morgan fingerprint density at radius 2 is 1.53 bits per heavy atom. The third-order valence-electron chi connectivity index (χ3n) is 7.58. The number of carbonyl (C=O) groups is 3. The predicted octanol–water partition coefficient (Wildman–Crippen LogP) is 4.02. The van der Waals surface area contributed by atoms with E-state index in [1.165, 1.54) is 4.90 Å². The van der Waals surface area contributed by atoms with E-state index >= 15 is 0 Å². The minimum Gasteiger partial charge on any atom is -0.425 e. The molecule has 2 saturated carbocycles. The molecule has 0 N–H and O–H groups in total. The monoisotopic (exact) mass is 491 g/mol. The van der Waals surface area contributed by atoms with E-state index in [1.807, 2.05) is 30.3 Å². The molecule has 0 spiro atoms. The van der Waals surface area contributed by atoms with Gasteiger partial charge in [0.15, 0.2) is 0 Å². The fourth-order valence-electron chi connectivity index (χ4n) is 6.09. The van der Waals surface area contributed by atoms with Gasteiger partial charge in [-0.3, -0.25) is 14.5 Å². The summed E-state index contributed by atoms with van der Waals surface area (Å²) in [6.07, 6.45) is 5.62. The molecule has 6 heteroatoms. The lowest BCUT2D eigenvalue weighted by atomic mass is 9.63. The van der Waals surface area contributed by atoms with Crippen LogP contribution in [0.4, 0.5) is 0 Å². The number of amides is 2. The van der Waals surface area contributed by atoms with E-state index in [1.54, 1.807) is 24.3 Å². The van der Waals surface area contributed by atoms with Crippen LogP contribution in [0.1, 0.15) is 12.0 Å². The molecule has 0 unspecified atom stereocenters. The normalized spacial score (nSPS) is 32.5. The number of benzene rings is 2. The quantitative estimate of drug-likeness (QED) is 0.274. The van der Waals surface area contributed by atoms with Crippen molar-refractivity contribution in [3.8, 4) is 5.75 Å². The lowest BCUT2D eigenvalue weighted by molar-refractivity contribution is -0.153.